The van der Waals surface area contributed by atoms with Crippen LogP contribution in [0.2, 0.25) is 0 Å². The fourth-order valence-corrected chi connectivity index (χ4v) is 3.73. The molecule has 1 saturated heterocycles. The van der Waals surface area contributed by atoms with Gasteiger partial charge >= 0.3 is 0 Å². The molecule has 6 nitrogen and oxygen atoms in total. The molecule has 1 atom stereocenters. The number of rotatable bonds is 6. The van der Waals surface area contributed by atoms with E-state index in [-0.39, 0.29) is 17.6 Å². The Morgan fingerprint density at radius 3 is 2.62 bits per heavy atom. The standard InChI is InChI=1S/C22H24FN5O/c23-20-5-1-3-18(13-20)17-6-8-21(9-7-17)26-22(29)19-4-2-10-27(14-19)11-12-28-15-24-25-16-28/h1,3,5-9,13,15-16,19H,2,4,10-12,14H2,(H,26,29). The van der Waals surface area contributed by atoms with Gasteiger partial charge in [0.15, 0.2) is 0 Å². The first-order valence-electron chi connectivity index (χ1n) is 9.89. The third kappa shape index (κ3) is 5.06. The highest BCUT2D eigenvalue weighted by atomic mass is 19.1. The van der Waals surface area contributed by atoms with Gasteiger partial charge in [0.05, 0.1) is 5.92 Å². The van der Waals surface area contributed by atoms with Crippen LogP contribution in [0.5, 0.6) is 0 Å². The van der Waals surface area contributed by atoms with Crippen LogP contribution in [-0.2, 0) is 11.3 Å². The van der Waals surface area contributed by atoms with Crippen molar-refractivity contribution in [1.29, 1.82) is 0 Å². The molecule has 1 unspecified atom stereocenters. The molecule has 0 bridgehead atoms. The molecule has 0 saturated carbocycles. The molecule has 7 heteroatoms. The number of hydrogen-bond donors (Lipinski definition) is 1. The van der Waals surface area contributed by atoms with E-state index in [9.17, 15) is 9.18 Å². The Balaban J connectivity index is 1.32. The first-order chi connectivity index (χ1) is 14.2. The molecule has 1 aliphatic rings. The number of piperidine rings is 1. The number of anilines is 1. The summed E-state index contributed by atoms with van der Waals surface area (Å²) in [5.74, 6) is -0.226. The Labute approximate surface area is 169 Å². The molecule has 2 heterocycles. The Bertz CT molecular complexity index is 942. The molecule has 1 aromatic heterocycles. The van der Waals surface area contributed by atoms with Crippen LogP contribution in [0.25, 0.3) is 11.1 Å². The highest BCUT2D eigenvalue weighted by Crippen LogP contribution is 2.23. The molecule has 0 aliphatic carbocycles. The third-order valence-electron chi connectivity index (χ3n) is 5.33. The van der Waals surface area contributed by atoms with Crippen molar-refractivity contribution in [3.8, 4) is 11.1 Å². The van der Waals surface area contributed by atoms with E-state index in [1.807, 2.05) is 34.9 Å². The Hall–Kier alpha value is -3.06. The van der Waals surface area contributed by atoms with Crippen LogP contribution in [0.15, 0.2) is 61.2 Å². The van der Waals surface area contributed by atoms with Crippen molar-refractivity contribution in [2.75, 3.05) is 25.0 Å². The van der Waals surface area contributed by atoms with Gasteiger partial charge < -0.3 is 14.8 Å². The zero-order chi connectivity index (χ0) is 20.1. The number of halogens is 1. The molecule has 2 aromatic carbocycles. The van der Waals surface area contributed by atoms with Crippen molar-refractivity contribution in [2.24, 2.45) is 5.92 Å². The third-order valence-corrected chi connectivity index (χ3v) is 5.33. The summed E-state index contributed by atoms with van der Waals surface area (Å²) in [6.45, 7) is 3.47. The van der Waals surface area contributed by atoms with E-state index < -0.39 is 0 Å². The van der Waals surface area contributed by atoms with E-state index in [1.165, 1.54) is 12.1 Å². The van der Waals surface area contributed by atoms with E-state index in [0.717, 1.165) is 55.8 Å². The Morgan fingerprint density at radius 1 is 1.07 bits per heavy atom. The van der Waals surface area contributed by atoms with E-state index in [4.69, 9.17) is 0 Å². The lowest BCUT2D eigenvalue weighted by molar-refractivity contribution is -0.121. The van der Waals surface area contributed by atoms with Crippen molar-refractivity contribution in [2.45, 2.75) is 19.4 Å². The van der Waals surface area contributed by atoms with Gasteiger partial charge in [0, 0.05) is 25.3 Å². The van der Waals surface area contributed by atoms with Crippen LogP contribution in [-0.4, -0.2) is 45.2 Å². The van der Waals surface area contributed by atoms with Crippen LogP contribution < -0.4 is 5.32 Å². The molecule has 1 aliphatic heterocycles. The smallest absolute Gasteiger partial charge is 0.228 e. The predicted octanol–water partition coefficient (Wildman–Crippen LogP) is 3.43. The zero-order valence-corrected chi connectivity index (χ0v) is 16.2. The van der Waals surface area contributed by atoms with Gasteiger partial charge in [-0.05, 0) is 54.8 Å². The summed E-state index contributed by atoms with van der Waals surface area (Å²) in [5.41, 5.74) is 2.50. The Morgan fingerprint density at radius 2 is 1.86 bits per heavy atom. The summed E-state index contributed by atoms with van der Waals surface area (Å²) in [5, 5.41) is 10.7. The maximum atomic E-state index is 13.4. The number of nitrogens with one attached hydrogen (secondary N) is 1. The molecular formula is C22H24FN5O. The van der Waals surface area contributed by atoms with E-state index in [2.05, 4.69) is 20.4 Å². The molecule has 4 rings (SSSR count). The van der Waals surface area contributed by atoms with E-state index >= 15 is 0 Å². The highest BCUT2D eigenvalue weighted by Gasteiger charge is 2.25. The average Bonchev–Trinajstić information content (AvgIpc) is 3.27. The van der Waals surface area contributed by atoms with Gasteiger partial charge in [0.25, 0.3) is 0 Å². The van der Waals surface area contributed by atoms with Gasteiger partial charge in [0.2, 0.25) is 5.91 Å². The number of nitrogens with zero attached hydrogens (tertiary/aromatic N) is 4. The minimum absolute atomic E-state index is 0.0208. The van der Waals surface area contributed by atoms with Crippen molar-refractivity contribution in [3.05, 3.63) is 67.0 Å². The predicted molar refractivity (Wildman–Crippen MR) is 110 cm³/mol. The van der Waals surface area contributed by atoms with Crippen LogP contribution in [0.3, 0.4) is 0 Å². The largest absolute Gasteiger partial charge is 0.326 e. The molecule has 3 aromatic rings. The van der Waals surface area contributed by atoms with Crippen LogP contribution in [0.1, 0.15) is 12.8 Å². The summed E-state index contributed by atoms with van der Waals surface area (Å²) in [6.07, 6.45) is 5.33. The van der Waals surface area contributed by atoms with E-state index in [0.29, 0.717) is 0 Å². The molecule has 150 valence electrons. The maximum Gasteiger partial charge on any atom is 0.228 e. The van der Waals surface area contributed by atoms with Crippen LogP contribution >= 0.6 is 0 Å². The second-order valence-corrected chi connectivity index (χ2v) is 7.42. The fourth-order valence-electron chi connectivity index (χ4n) is 3.73. The normalized spacial score (nSPS) is 17.2. The Kier molecular flexibility index (Phi) is 5.95. The number of aromatic nitrogens is 3. The van der Waals surface area contributed by atoms with Crippen molar-refractivity contribution in [3.63, 3.8) is 0 Å². The number of hydrogen-bond acceptors (Lipinski definition) is 4. The number of benzene rings is 2. The first kappa shape index (κ1) is 19.3. The highest BCUT2D eigenvalue weighted by molar-refractivity contribution is 5.93. The summed E-state index contributed by atoms with van der Waals surface area (Å²) < 4.78 is 15.4. The van der Waals surface area contributed by atoms with Gasteiger partial charge in [-0.15, -0.1) is 10.2 Å². The lowest BCUT2D eigenvalue weighted by Gasteiger charge is -2.32. The van der Waals surface area contributed by atoms with Gasteiger partial charge in [-0.25, -0.2) is 4.39 Å². The summed E-state index contributed by atoms with van der Waals surface area (Å²) in [4.78, 5) is 15.1. The lowest BCUT2D eigenvalue weighted by Crippen LogP contribution is -2.41. The number of likely N-dealkylation sites (tertiary alicyclic amines) is 1. The average molecular weight is 393 g/mol. The summed E-state index contributed by atoms with van der Waals surface area (Å²) >= 11 is 0. The van der Waals surface area contributed by atoms with Crippen LogP contribution in [0.4, 0.5) is 10.1 Å². The number of amides is 1. The van der Waals surface area contributed by atoms with Crippen molar-refractivity contribution >= 4 is 11.6 Å². The topological polar surface area (TPSA) is 63.1 Å². The zero-order valence-electron chi connectivity index (χ0n) is 16.2. The maximum absolute atomic E-state index is 13.4. The minimum Gasteiger partial charge on any atom is -0.326 e. The monoisotopic (exact) mass is 393 g/mol. The second-order valence-electron chi connectivity index (χ2n) is 7.42. The summed E-state index contributed by atoms with van der Waals surface area (Å²) in [7, 11) is 0. The molecule has 0 spiro atoms. The van der Waals surface area contributed by atoms with Gasteiger partial charge in [0.1, 0.15) is 18.5 Å². The number of carbonyl (C=O) groups excluding carboxylic acids is 1. The summed E-state index contributed by atoms with van der Waals surface area (Å²) in [6, 6.07) is 14.0. The quantitative estimate of drug-likeness (QED) is 0.697. The molecule has 1 N–H and O–H groups in total. The molecular weight excluding hydrogens is 369 g/mol. The van der Waals surface area contributed by atoms with Crippen molar-refractivity contribution in [1.82, 2.24) is 19.7 Å². The number of carbonyl (C=O) groups is 1. The lowest BCUT2D eigenvalue weighted by atomic mass is 9.97. The molecule has 1 fully saturated rings. The SMILES string of the molecule is O=C(Nc1ccc(-c2cccc(F)c2)cc1)C1CCCN(CCn2cnnc2)C1. The second kappa shape index (κ2) is 8.96. The minimum atomic E-state index is -0.258. The molecule has 1 amide bonds. The van der Waals surface area contributed by atoms with Gasteiger partial charge in [-0.1, -0.05) is 24.3 Å². The van der Waals surface area contributed by atoms with Gasteiger partial charge in [-0.3, -0.25) is 4.79 Å². The fraction of sp³-hybridized carbons (Fsp3) is 0.318. The molecule has 0 radical (unpaired) electrons. The van der Waals surface area contributed by atoms with Crippen LogP contribution in [0, 0.1) is 11.7 Å². The van der Waals surface area contributed by atoms with Crippen molar-refractivity contribution < 1.29 is 9.18 Å². The molecule has 29 heavy (non-hydrogen) atoms. The van der Waals surface area contributed by atoms with E-state index in [1.54, 1.807) is 18.7 Å². The first-order valence-corrected chi connectivity index (χ1v) is 9.89. The van der Waals surface area contributed by atoms with Gasteiger partial charge in [-0.2, -0.15) is 0 Å².